The van der Waals surface area contributed by atoms with E-state index in [-0.39, 0.29) is 5.91 Å². The molecule has 0 unspecified atom stereocenters. The minimum Gasteiger partial charge on any atom is -0.352 e. The summed E-state index contributed by atoms with van der Waals surface area (Å²) in [5, 5.41) is 11.0. The van der Waals surface area contributed by atoms with Gasteiger partial charge in [-0.1, -0.05) is 24.3 Å². The molecular weight excluding hydrogens is 302 g/mol. The molecule has 0 radical (unpaired) electrons. The third kappa shape index (κ3) is 3.48. The Balaban J connectivity index is 1.82. The van der Waals surface area contributed by atoms with Crippen LogP contribution in [-0.4, -0.2) is 72.7 Å². The maximum atomic E-state index is 12.4. The van der Waals surface area contributed by atoms with Crippen molar-refractivity contribution in [1.82, 2.24) is 20.0 Å². The predicted molar refractivity (Wildman–Crippen MR) is 96.2 cm³/mol. The highest BCUT2D eigenvalue weighted by atomic mass is 16.2. The summed E-state index contributed by atoms with van der Waals surface area (Å²) < 4.78 is 0. The largest absolute Gasteiger partial charge is 0.352 e. The van der Waals surface area contributed by atoms with Crippen molar-refractivity contribution in [3.8, 4) is 0 Å². The molecule has 1 aliphatic rings. The number of fused-ring (bicyclic) bond motifs is 1. The molecule has 2 heterocycles. The Morgan fingerprint density at radius 3 is 2.58 bits per heavy atom. The first-order chi connectivity index (χ1) is 11.6. The fourth-order valence-electron chi connectivity index (χ4n) is 3.09. The van der Waals surface area contributed by atoms with Gasteiger partial charge in [0.1, 0.15) is 0 Å². The SMILES string of the molecule is Cc1nnc(N2CCC(=O)N(CCN(C)C)CC2)c2ccccc12. The molecule has 24 heavy (non-hydrogen) atoms. The lowest BCUT2D eigenvalue weighted by Crippen LogP contribution is -2.38. The molecule has 0 N–H and O–H groups in total. The lowest BCUT2D eigenvalue weighted by Gasteiger charge is -2.24. The Morgan fingerprint density at radius 2 is 1.83 bits per heavy atom. The lowest BCUT2D eigenvalue weighted by atomic mass is 10.1. The molecular formula is C18H25N5O. The molecule has 6 nitrogen and oxygen atoms in total. The van der Waals surface area contributed by atoms with Crippen molar-refractivity contribution in [1.29, 1.82) is 0 Å². The van der Waals surface area contributed by atoms with Gasteiger partial charge in [-0.15, -0.1) is 5.10 Å². The van der Waals surface area contributed by atoms with E-state index in [9.17, 15) is 4.79 Å². The van der Waals surface area contributed by atoms with Crippen molar-refractivity contribution in [2.24, 2.45) is 0 Å². The average Bonchev–Trinajstić information content (AvgIpc) is 2.75. The summed E-state index contributed by atoms with van der Waals surface area (Å²) >= 11 is 0. The molecule has 0 aliphatic carbocycles. The average molecular weight is 327 g/mol. The highest BCUT2D eigenvalue weighted by Gasteiger charge is 2.23. The first-order valence-electron chi connectivity index (χ1n) is 8.46. The van der Waals surface area contributed by atoms with Gasteiger partial charge < -0.3 is 14.7 Å². The number of hydrogen-bond donors (Lipinski definition) is 0. The summed E-state index contributed by atoms with van der Waals surface area (Å²) in [5.74, 6) is 1.11. The van der Waals surface area contributed by atoms with E-state index in [1.54, 1.807) is 0 Å². The van der Waals surface area contributed by atoms with Gasteiger partial charge in [-0.25, -0.2) is 0 Å². The predicted octanol–water partition coefficient (Wildman–Crippen LogP) is 1.54. The van der Waals surface area contributed by atoms with Gasteiger partial charge in [0, 0.05) is 49.9 Å². The number of likely N-dealkylation sites (N-methyl/N-ethyl adjacent to an activating group) is 1. The molecule has 1 saturated heterocycles. The third-order valence-corrected chi connectivity index (χ3v) is 4.56. The molecule has 1 aromatic heterocycles. The van der Waals surface area contributed by atoms with Crippen molar-refractivity contribution in [3.63, 3.8) is 0 Å². The normalized spacial score (nSPS) is 16.1. The van der Waals surface area contributed by atoms with Crippen molar-refractivity contribution in [2.45, 2.75) is 13.3 Å². The Kier molecular flexibility index (Phi) is 4.94. The molecule has 2 aromatic rings. The maximum absolute atomic E-state index is 12.4. The van der Waals surface area contributed by atoms with Crippen LogP contribution in [0, 0.1) is 6.92 Å². The number of hydrogen-bond acceptors (Lipinski definition) is 5. The molecule has 0 saturated carbocycles. The van der Waals surface area contributed by atoms with Gasteiger partial charge >= 0.3 is 0 Å². The number of carbonyl (C=O) groups excluding carboxylic acids is 1. The number of carbonyl (C=O) groups is 1. The minimum absolute atomic E-state index is 0.226. The van der Waals surface area contributed by atoms with Gasteiger partial charge in [0.2, 0.25) is 5.91 Å². The number of aromatic nitrogens is 2. The van der Waals surface area contributed by atoms with Crippen molar-refractivity contribution >= 4 is 22.5 Å². The molecule has 6 heteroatoms. The van der Waals surface area contributed by atoms with E-state index in [2.05, 4.69) is 32.1 Å². The van der Waals surface area contributed by atoms with E-state index in [0.29, 0.717) is 13.0 Å². The van der Waals surface area contributed by atoms with Crippen molar-refractivity contribution in [2.75, 3.05) is 51.7 Å². The van der Waals surface area contributed by atoms with Crippen LogP contribution in [0.1, 0.15) is 12.1 Å². The van der Waals surface area contributed by atoms with Crippen LogP contribution in [0.4, 0.5) is 5.82 Å². The number of amides is 1. The quantitative estimate of drug-likeness (QED) is 0.853. The smallest absolute Gasteiger partial charge is 0.224 e. The summed E-state index contributed by atoms with van der Waals surface area (Å²) in [7, 11) is 4.06. The Bertz CT molecular complexity index is 730. The fraction of sp³-hybridized carbons (Fsp3) is 0.500. The van der Waals surface area contributed by atoms with E-state index in [0.717, 1.165) is 48.5 Å². The van der Waals surface area contributed by atoms with Crippen LogP contribution in [0.15, 0.2) is 24.3 Å². The molecule has 1 fully saturated rings. The zero-order valence-corrected chi connectivity index (χ0v) is 14.7. The second-order valence-electron chi connectivity index (χ2n) is 6.58. The molecule has 3 rings (SSSR count). The highest BCUT2D eigenvalue weighted by molar-refractivity contribution is 5.93. The monoisotopic (exact) mass is 327 g/mol. The zero-order chi connectivity index (χ0) is 17.1. The Morgan fingerprint density at radius 1 is 1.08 bits per heavy atom. The molecule has 0 bridgehead atoms. The van der Waals surface area contributed by atoms with Crippen LogP contribution in [0.2, 0.25) is 0 Å². The van der Waals surface area contributed by atoms with Crippen LogP contribution in [0.25, 0.3) is 10.8 Å². The van der Waals surface area contributed by atoms with Gasteiger partial charge in [-0.3, -0.25) is 4.79 Å². The van der Waals surface area contributed by atoms with Gasteiger partial charge in [0.25, 0.3) is 0 Å². The molecule has 128 valence electrons. The van der Waals surface area contributed by atoms with E-state index < -0.39 is 0 Å². The van der Waals surface area contributed by atoms with E-state index in [1.807, 2.05) is 38.1 Å². The number of rotatable bonds is 4. The number of benzene rings is 1. The fourth-order valence-corrected chi connectivity index (χ4v) is 3.09. The summed E-state index contributed by atoms with van der Waals surface area (Å²) in [4.78, 5) is 18.6. The van der Waals surface area contributed by atoms with Crippen molar-refractivity contribution in [3.05, 3.63) is 30.0 Å². The summed E-state index contributed by atoms with van der Waals surface area (Å²) in [6.07, 6.45) is 0.525. The van der Waals surface area contributed by atoms with Crippen LogP contribution in [0.3, 0.4) is 0 Å². The lowest BCUT2D eigenvalue weighted by molar-refractivity contribution is -0.130. The molecule has 0 spiro atoms. The standard InChI is InChI=1S/C18H25N5O/c1-14-15-6-4-5-7-16(15)18(20-19-14)23-9-8-17(24)22(12-13-23)11-10-21(2)3/h4-7H,8-13H2,1-3H3. The van der Waals surface area contributed by atoms with Gasteiger partial charge in [-0.05, 0) is 21.0 Å². The van der Waals surface area contributed by atoms with Crippen LogP contribution in [-0.2, 0) is 4.79 Å². The minimum atomic E-state index is 0.226. The maximum Gasteiger partial charge on any atom is 0.224 e. The van der Waals surface area contributed by atoms with E-state index in [1.165, 1.54) is 0 Å². The van der Waals surface area contributed by atoms with E-state index in [4.69, 9.17) is 0 Å². The third-order valence-electron chi connectivity index (χ3n) is 4.56. The molecule has 1 amide bonds. The first-order valence-corrected chi connectivity index (χ1v) is 8.46. The summed E-state index contributed by atoms with van der Waals surface area (Å²) in [5.41, 5.74) is 0.938. The number of aryl methyl sites for hydroxylation is 1. The molecule has 1 aromatic carbocycles. The molecule has 1 aliphatic heterocycles. The highest BCUT2D eigenvalue weighted by Crippen LogP contribution is 2.26. The Labute approximate surface area is 143 Å². The summed E-state index contributed by atoms with van der Waals surface area (Å²) in [6, 6.07) is 8.22. The Hall–Kier alpha value is -2.21. The van der Waals surface area contributed by atoms with Gasteiger partial charge in [0.15, 0.2) is 5.82 Å². The number of anilines is 1. The number of nitrogens with zero attached hydrogens (tertiary/aromatic N) is 5. The van der Waals surface area contributed by atoms with Crippen LogP contribution in [0.5, 0.6) is 0 Å². The topological polar surface area (TPSA) is 52.6 Å². The first kappa shape index (κ1) is 16.6. The van der Waals surface area contributed by atoms with Gasteiger partial charge in [-0.2, -0.15) is 5.10 Å². The summed E-state index contributed by atoms with van der Waals surface area (Å²) in [6.45, 7) is 5.86. The van der Waals surface area contributed by atoms with Crippen LogP contribution >= 0.6 is 0 Å². The van der Waals surface area contributed by atoms with Crippen LogP contribution < -0.4 is 4.90 Å². The van der Waals surface area contributed by atoms with E-state index >= 15 is 0 Å². The zero-order valence-electron chi connectivity index (χ0n) is 14.7. The van der Waals surface area contributed by atoms with Gasteiger partial charge in [0.05, 0.1) is 5.69 Å². The molecule has 0 atom stereocenters. The second kappa shape index (κ2) is 7.13. The van der Waals surface area contributed by atoms with Crippen molar-refractivity contribution < 1.29 is 4.79 Å². The second-order valence-corrected chi connectivity index (χ2v) is 6.58.